The van der Waals surface area contributed by atoms with E-state index in [1.807, 2.05) is 20.8 Å². The van der Waals surface area contributed by atoms with Crippen molar-refractivity contribution in [2.45, 2.75) is 51.5 Å². The van der Waals surface area contributed by atoms with E-state index in [2.05, 4.69) is 15.8 Å². The molecule has 0 aliphatic carbocycles. The highest BCUT2D eigenvalue weighted by Gasteiger charge is 2.23. The number of nitrogens with zero attached hydrogens (tertiary/aromatic N) is 1. The van der Waals surface area contributed by atoms with Crippen LogP contribution in [0.4, 0.5) is 5.82 Å². The summed E-state index contributed by atoms with van der Waals surface area (Å²) in [5.41, 5.74) is -0.0981. The molecule has 0 saturated carbocycles. The molecule has 2 heterocycles. The monoisotopic (exact) mass is 251 g/mol. The molecule has 5 nitrogen and oxygen atoms in total. The lowest BCUT2D eigenvalue weighted by molar-refractivity contribution is -0.118. The lowest BCUT2D eigenvalue weighted by atomic mass is 9.93. The van der Waals surface area contributed by atoms with Crippen LogP contribution in [-0.4, -0.2) is 23.7 Å². The van der Waals surface area contributed by atoms with Crippen molar-refractivity contribution in [3.63, 3.8) is 0 Å². The van der Waals surface area contributed by atoms with Gasteiger partial charge in [0.25, 0.3) is 0 Å². The normalized spacial score (nSPS) is 20.7. The first-order chi connectivity index (χ1) is 8.47. The number of piperidine rings is 1. The van der Waals surface area contributed by atoms with Crippen molar-refractivity contribution < 1.29 is 9.32 Å². The van der Waals surface area contributed by atoms with Crippen LogP contribution >= 0.6 is 0 Å². The summed E-state index contributed by atoms with van der Waals surface area (Å²) in [4.78, 5) is 12.0. The van der Waals surface area contributed by atoms with Crippen LogP contribution < -0.4 is 10.6 Å². The molecule has 0 bridgehead atoms. The third kappa shape index (κ3) is 3.10. The Morgan fingerprint density at radius 2 is 2.28 bits per heavy atom. The molecule has 1 aromatic rings. The zero-order valence-electron chi connectivity index (χ0n) is 11.2. The second-order valence-corrected chi connectivity index (χ2v) is 5.82. The van der Waals surface area contributed by atoms with E-state index in [9.17, 15) is 4.79 Å². The van der Waals surface area contributed by atoms with Crippen LogP contribution in [0.3, 0.4) is 0 Å². The van der Waals surface area contributed by atoms with Gasteiger partial charge in [0.1, 0.15) is 5.76 Å². The molecule has 100 valence electrons. The second kappa shape index (κ2) is 5.10. The second-order valence-electron chi connectivity index (χ2n) is 5.82. The largest absolute Gasteiger partial charge is 0.359 e. The molecule has 1 atom stereocenters. The fourth-order valence-corrected chi connectivity index (χ4v) is 1.98. The Bertz CT molecular complexity index is 414. The van der Waals surface area contributed by atoms with Crippen molar-refractivity contribution in [1.29, 1.82) is 0 Å². The van der Waals surface area contributed by atoms with E-state index in [0.29, 0.717) is 5.82 Å². The van der Waals surface area contributed by atoms with E-state index in [0.717, 1.165) is 31.6 Å². The van der Waals surface area contributed by atoms with E-state index >= 15 is 0 Å². The first kappa shape index (κ1) is 13.1. The number of aromatic nitrogens is 1. The maximum Gasteiger partial charge on any atom is 0.242 e. The highest BCUT2D eigenvalue weighted by Crippen LogP contribution is 2.24. The van der Waals surface area contributed by atoms with Gasteiger partial charge in [0.15, 0.2) is 5.82 Å². The molecule has 0 radical (unpaired) electrons. The molecule has 1 saturated heterocycles. The molecule has 1 amide bonds. The number of carbonyl (C=O) groups is 1. The third-order valence-electron chi connectivity index (χ3n) is 3.13. The van der Waals surface area contributed by atoms with Gasteiger partial charge in [-0.3, -0.25) is 4.79 Å². The quantitative estimate of drug-likeness (QED) is 0.844. The zero-order valence-corrected chi connectivity index (χ0v) is 11.2. The predicted octanol–water partition coefficient (Wildman–Crippen LogP) is 2.05. The summed E-state index contributed by atoms with van der Waals surface area (Å²) in [5, 5.41) is 9.89. The summed E-state index contributed by atoms with van der Waals surface area (Å²) in [6, 6.07) is 1.69. The number of nitrogens with one attached hydrogen (secondary N) is 2. The Balaban J connectivity index is 1.96. The summed E-state index contributed by atoms with van der Waals surface area (Å²) in [7, 11) is 0. The average Bonchev–Trinajstić information content (AvgIpc) is 2.78. The van der Waals surface area contributed by atoms with Crippen molar-refractivity contribution >= 4 is 11.7 Å². The fourth-order valence-electron chi connectivity index (χ4n) is 1.98. The standard InChI is InChI=1S/C13H21N3O2/c1-13(2,3)10-8-11(16-18-10)15-12(17)9-6-4-5-7-14-9/h8-9,14H,4-7H2,1-3H3,(H,15,16,17)/t9-/m1/s1. The molecule has 2 N–H and O–H groups in total. The van der Waals surface area contributed by atoms with Crippen molar-refractivity contribution in [2.75, 3.05) is 11.9 Å². The molecule has 0 unspecified atom stereocenters. The summed E-state index contributed by atoms with van der Waals surface area (Å²) in [5.74, 6) is 1.25. The molecule has 2 rings (SSSR count). The maximum absolute atomic E-state index is 12.0. The van der Waals surface area contributed by atoms with E-state index in [1.165, 1.54) is 0 Å². The molecule has 0 spiro atoms. The van der Waals surface area contributed by atoms with Crippen LogP contribution in [0.2, 0.25) is 0 Å². The maximum atomic E-state index is 12.0. The number of hydrogen-bond donors (Lipinski definition) is 2. The van der Waals surface area contributed by atoms with E-state index < -0.39 is 0 Å². The van der Waals surface area contributed by atoms with Crippen LogP contribution in [0, 0.1) is 0 Å². The van der Waals surface area contributed by atoms with Crippen LogP contribution in [0.5, 0.6) is 0 Å². The van der Waals surface area contributed by atoms with Gasteiger partial charge in [0, 0.05) is 11.5 Å². The molecule has 0 aromatic carbocycles. The van der Waals surface area contributed by atoms with Crippen molar-refractivity contribution in [3.05, 3.63) is 11.8 Å². The minimum atomic E-state index is -0.103. The highest BCUT2D eigenvalue weighted by atomic mass is 16.5. The van der Waals surface area contributed by atoms with Crippen molar-refractivity contribution in [1.82, 2.24) is 10.5 Å². The van der Waals surface area contributed by atoms with Crippen molar-refractivity contribution in [2.24, 2.45) is 0 Å². The summed E-state index contributed by atoms with van der Waals surface area (Å²) < 4.78 is 5.23. The Morgan fingerprint density at radius 3 is 2.83 bits per heavy atom. The molecule has 18 heavy (non-hydrogen) atoms. The van der Waals surface area contributed by atoms with Crippen LogP contribution in [0.25, 0.3) is 0 Å². The van der Waals surface area contributed by atoms with Gasteiger partial charge in [-0.15, -0.1) is 0 Å². The van der Waals surface area contributed by atoms with Gasteiger partial charge in [-0.05, 0) is 19.4 Å². The van der Waals surface area contributed by atoms with Crippen molar-refractivity contribution in [3.8, 4) is 0 Å². The van der Waals surface area contributed by atoms with Gasteiger partial charge in [0.05, 0.1) is 6.04 Å². The predicted molar refractivity (Wildman–Crippen MR) is 69.5 cm³/mol. The Kier molecular flexibility index (Phi) is 3.71. The van der Waals surface area contributed by atoms with Gasteiger partial charge in [-0.25, -0.2) is 0 Å². The SMILES string of the molecule is CC(C)(C)c1cc(NC(=O)[C@H]2CCCCN2)no1. The van der Waals surface area contributed by atoms with E-state index in [4.69, 9.17) is 4.52 Å². The number of carbonyl (C=O) groups excluding carboxylic acids is 1. The fraction of sp³-hybridized carbons (Fsp3) is 0.692. The van der Waals surface area contributed by atoms with Gasteiger partial charge < -0.3 is 15.2 Å². The minimum absolute atomic E-state index is 0.0246. The minimum Gasteiger partial charge on any atom is -0.359 e. The first-order valence-electron chi connectivity index (χ1n) is 6.48. The molecule has 5 heteroatoms. The molecular formula is C13H21N3O2. The van der Waals surface area contributed by atoms with Gasteiger partial charge >= 0.3 is 0 Å². The molecule has 1 aliphatic heterocycles. The van der Waals surface area contributed by atoms with Gasteiger partial charge in [-0.1, -0.05) is 32.3 Å². The summed E-state index contributed by atoms with van der Waals surface area (Å²) >= 11 is 0. The summed E-state index contributed by atoms with van der Waals surface area (Å²) in [6.45, 7) is 7.04. The number of rotatable bonds is 2. The Morgan fingerprint density at radius 1 is 1.50 bits per heavy atom. The highest BCUT2D eigenvalue weighted by molar-refractivity contribution is 5.94. The van der Waals surface area contributed by atoms with E-state index in [-0.39, 0.29) is 17.4 Å². The van der Waals surface area contributed by atoms with E-state index in [1.54, 1.807) is 6.07 Å². The number of anilines is 1. The molecule has 1 aromatic heterocycles. The van der Waals surface area contributed by atoms with Gasteiger partial charge in [-0.2, -0.15) is 0 Å². The lowest BCUT2D eigenvalue weighted by Gasteiger charge is -2.21. The first-order valence-corrected chi connectivity index (χ1v) is 6.48. The average molecular weight is 251 g/mol. The number of amides is 1. The molecule has 1 fully saturated rings. The zero-order chi connectivity index (χ0) is 13.2. The third-order valence-corrected chi connectivity index (χ3v) is 3.13. The van der Waals surface area contributed by atoms with Crippen LogP contribution in [-0.2, 0) is 10.2 Å². The molecule has 1 aliphatic rings. The smallest absolute Gasteiger partial charge is 0.242 e. The number of hydrogen-bond acceptors (Lipinski definition) is 4. The topological polar surface area (TPSA) is 67.2 Å². The van der Waals surface area contributed by atoms with Crippen LogP contribution in [0.1, 0.15) is 45.8 Å². The van der Waals surface area contributed by atoms with Crippen LogP contribution in [0.15, 0.2) is 10.6 Å². The molecular weight excluding hydrogens is 230 g/mol. The Hall–Kier alpha value is -1.36. The Labute approximate surface area is 107 Å². The summed E-state index contributed by atoms with van der Waals surface area (Å²) in [6.07, 6.45) is 3.12. The van der Waals surface area contributed by atoms with Gasteiger partial charge in [0.2, 0.25) is 5.91 Å². The lowest BCUT2D eigenvalue weighted by Crippen LogP contribution is -2.43.